The van der Waals surface area contributed by atoms with E-state index in [2.05, 4.69) is 0 Å². The van der Waals surface area contributed by atoms with Crippen LogP contribution < -0.4 is 5.73 Å². The number of carbonyl (C=O) groups is 1. The summed E-state index contributed by atoms with van der Waals surface area (Å²) in [5.74, 6) is -0.470. The van der Waals surface area contributed by atoms with Crippen LogP contribution in [0.25, 0.3) is 0 Å². The topological polar surface area (TPSA) is 70.1 Å². The number of hydrogen-bond donors (Lipinski definition) is 1. The van der Waals surface area contributed by atoms with Crippen LogP contribution in [0, 0.1) is 11.6 Å². The van der Waals surface area contributed by atoms with Crippen molar-refractivity contribution in [3.05, 3.63) is 77.2 Å². The highest BCUT2D eigenvalue weighted by Crippen LogP contribution is 2.36. The first-order valence-electron chi connectivity index (χ1n) is 9.53. The van der Waals surface area contributed by atoms with Gasteiger partial charge in [0, 0.05) is 23.9 Å². The molecular formula is C22H23F2N3O2S. The molecule has 0 aliphatic heterocycles. The molecule has 0 unspecified atom stereocenters. The van der Waals surface area contributed by atoms with E-state index in [0.717, 1.165) is 22.3 Å². The summed E-state index contributed by atoms with van der Waals surface area (Å²) in [5.41, 5.74) is 6.93. The molecule has 8 heteroatoms. The van der Waals surface area contributed by atoms with Crippen molar-refractivity contribution in [1.29, 1.82) is 0 Å². The Morgan fingerprint density at radius 3 is 2.43 bits per heavy atom. The summed E-state index contributed by atoms with van der Waals surface area (Å²) in [6, 6.07) is 13.3. The van der Waals surface area contributed by atoms with E-state index >= 15 is 0 Å². The van der Waals surface area contributed by atoms with Crippen LogP contribution in [-0.4, -0.2) is 22.3 Å². The van der Waals surface area contributed by atoms with Gasteiger partial charge in [-0.3, -0.25) is 0 Å². The number of ether oxygens (including phenoxy) is 1. The fourth-order valence-corrected chi connectivity index (χ4v) is 4.28. The minimum absolute atomic E-state index is 0.0822. The highest BCUT2D eigenvalue weighted by Gasteiger charge is 2.21. The summed E-state index contributed by atoms with van der Waals surface area (Å²) >= 11 is 1.27. The molecule has 0 saturated heterocycles. The van der Waals surface area contributed by atoms with Crippen molar-refractivity contribution in [2.45, 2.75) is 42.7 Å². The van der Waals surface area contributed by atoms with Gasteiger partial charge in [0.1, 0.15) is 29.1 Å². The van der Waals surface area contributed by atoms with E-state index in [1.807, 2.05) is 48.7 Å². The lowest BCUT2D eigenvalue weighted by atomic mass is 10.1. The second-order valence-corrected chi connectivity index (χ2v) is 8.13. The van der Waals surface area contributed by atoms with Gasteiger partial charge in [-0.05, 0) is 23.6 Å². The Kier molecular flexibility index (Phi) is 7.10. The molecule has 1 aromatic heterocycles. The van der Waals surface area contributed by atoms with E-state index in [1.54, 1.807) is 0 Å². The van der Waals surface area contributed by atoms with Crippen LogP contribution in [0.15, 0.2) is 58.5 Å². The van der Waals surface area contributed by atoms with Gasteiger partial charge in [0.15, 0.2) is 0 Å². The van der Waals surface area contributed by atoms with Crippen LogP contribution in [0.1, 0.15) is 36.8 Å². The SMILES string of the molecule is CC(C)c1nc(CCOC(N)=O)n(Cc2ccccc2)c1Sc1cc(F)cc(F)c1. The number of halogens is 2. The van der Waals surface area contributed by atoms with Gasteiger partial charge in [0.25, 0.3) is 0 Å². The van der Waals surface area contributed by atoms with Gasteiger partial charge in [-0.15, -0.1) is 0 Å². The Morgan fingerprint density at radius 1 is 1.17 bits per heavy atom. The zero-order valence-electron chi connectivity index (χ0n) is 16.8. The number of hydrogen-bond acceptors (Lipinski definition) is 4. The molecule has 30 heavy (non-hydrogen) atoms. The quantitative estimate of drug-likeness (QED) is 0.537. The first-order valence-corrected chi connectivity index (χ1v) is 10.3. The van der Waals surface area contributed by atoms with Gasteiger partial charge >= 0.3 is 6.09 Å². The normalized spacial score (nSPS) is 11.1. The van der Waals surface area contributed by atoms with Crippen LogP contribution in [0.5, 0.6) is 0 Å². The summed E-state index contributed by atoms with van der Waals surface area (Å²) in [6.45, 7) is 4.63. The van der Waals surface area contributed by atoms with E-state index in [-0.39, 0.29) is 12.5 Å². The minimum atomic E-state index is -0.843. The van der Waals surface area contributed by atoms with E-state index in [0.29, 0.717) is 23.7 Å². The van der Waals surface area contributed by atoms with Crippen LogP contribution >= 0.6 is 11.8 Å². The molecule has 3 rings (SSSR count). The number of rotatable bonds is 8. The zero-order valence-corrected chi connectivity index (χ0v) is 17.6. The molecule has 158 valence electrons. The average Bonchev–Trinajstić information content (AvgIpc) is 2.99. The summed E-state index contributed by atoms with van der Waals surface area (Å²) in [4.78, 5) is 16.2. The summed E-state index contributed by atoms with van der Waals surface area (Å²) in [7, 11) is 0. The third-order valence-electron chi connectivity index (χ3n) is 4.38. The van der Waals surface area contributed by atoms with E-state index in [1.165, 1.54) is 23.9 Å². The van der Waals surface area contributed by atoms with Crippen molar-refractivity contribution in [2.24, 2.45) is 5.73 Å². The largest absolute Gasteiger partial charge is 0.449 e. The Labute approximate surface area is 178 Å². The van der Waals surface area contributed by atoms with E-state index in [9.17, 15) is 13.6 Å². The molecule has 0 atom stereocenters. The van der Waals surface area contributed by atoms with Crippen LogP contribution in [0.4, 0.5) is 13.6 Å². The second-order valence-electron chi connectivity index (χ2n) is 7.07. The molecule has 0 radical (unpaired) electrons. The number of nitrogens with zero attached hydrogens (tertiary/aromatic N) is 2. The maximum atomic E-state index is 13.7. The molecule has 0 aliphatic rings. The third-order valence-corrected chi connectivity index (χ3v) is 5.47. The average molecular weight is 432 g/mol. The standard InChI is InChI=1S/C22H23F2N3O2S/c1-14(2)20-21(30-18-11-16(23)10-17(24)12-18)27(13-15-6-4-3-5-7-15)19(26-20)8-9-29-22(25)28/h3-7,10-12,14H,8-9,13H2,1-2H3,(H2,25,28). The number of imidazole rings is 1. The lowest BCUT2D eigenvalue weighted by Gasteiger charge is -2.14. The molecule has 0 spiro atoms. The first-order chi connectivity index (χ1) is 14.3. The van der Waals surface area contributed by atoms with Gasteiger partial charge in [0.05, 0.1) is 5.69 Å². The molecule has 2 N–H and O–H groups in total. The van der Waals surface area contributed by atoms with Crippen molar-refractivity contribution in [3.63, 3.8) is 0 Å². The molecule has 5 nitrogen and oxygen atoms in total. The maximum absolute atomic E-state index is 13.7. The van der Waals surface area contributed by atoms with Crippen molar-refractivity contribution < 1.29 is 18.3 Å². The zero-order chi connectivity index (χ0) is 21.7. The first kappa shape index (κ1) is 21.8. The molecule has 0 saturated carbocycles. The maximum Gasteiger partial charge on any atom is 0.404 e. The van der Waals surface area contributed by atoms with Gasteiger partial charge in [-0.1, -0.05) is 55.9 Å². The number of carbonyl (C=O) groups excluding carboxylic acids is 1. The molecule has 0 aliphatic carbocycles. The van der Waals surface area contributed by atoms with Crippen molar-refractivity contribution in [3.8, 4) is 0 Å². The lowest BCUT2D eigenvalue weighted by Crippen LogP contribution is -2.16. The number of benzene rings is 2. The number of primary amides is 1. The number of nitrogens with two attached hydrogens (primary N) is 1. The Bertz CT molecular complexity index is 1000. The van der Waals surface area contributed by atoms with E-state index < -0.39 is 17.7 Å². The van der Waals surface area contributed by atoms with Crippen molar-refractivity contribution in [1.82, 2.24) is 9.55 Å². The lowest BCUT2D eigenvalue weighted by molar-refractivity contribution is 0.157. The summed E-state index contributed by atoms with van der Waals surface area (Å²) in [5, 5.41) is 0.799. The summed E-state index contributed by atoms with van der Waals surface area (Å²) in [6.07, 6.45) is -0.474. The fraction of sp³-hybridized carbons (Fsp3) is 0.273. The number of aromatic nitrogens is 2. The van der Waals surface area contributed by atoms with Gasteiger partial charge in [-0.2, -0.15) is 0 Å². The monoisotopic (exact) mass is 431 g/mol. The van der Waals surface area contributed by atoms with Crippen LogP contribution in [0.2, 0.25) is 0 Å². The minimum Gasteiger partial charge on any atom is -0.449 e. The fourth-order valence-electron chi connectivity index (χ4n) is 3.05. The molecule has 1 heterocycles. The molecule has 2 aromatic carbocycles. The highest BCUT2D eigenvalue weighted by molar-refractivity contribution is 7.99. The number of amides is 1. The highest BCUT2D eigenvalue weighted by atomic mass is 32.2. The van der Waals surface area contributed by atoms with Crippen LogP contribution in [-0.2, 0) is 17.7 Å². The van der Waals surface area contributed by atoms with Crippen LogP contribution in [0.3, 0.4) is 0 Å². The second kappa shape index (κ2) is 9.75. The van der Waals surface area contributed by atoms with Crippen molar-refractivity contribution >= 4 is 17.9 Å². The molecule has 3 aromatic rings. The molecule has 1 amide bonds. The Morgan fingerprint density at radius 2 is 1.83 bits per heavy atom. The summed E-state index contributed by atoms with van der Waals surface area (Å²) < 4.78 is 34.4. The predicted octanol–water partition coefficient (Wildman–Crippen LogP) is 5.12. The van der Waals surface area contributed by atoms with Crippen molar-refractivity contribution in [2.75, 3.05) is 6.61 Å². The van der Waals surface area contributed by atoms with Gasteiger partial charge in [0.2, 0.25) is 0 Å². The van der Waals surface area contributed by atoms with Gasteiger partial charge < -0.3 is 15.0 Å². The third kappa shape index (κ3) is 5.60. The molecule has 0 fully saturated rings. The molecular weight excluding hydrogens is 408 g/mol. The Hall–Kier alpha value is -2.87. The Balaban J connectivity index is 2.03. The smallest absolute Gasteiger partial charge is 0.404 e. The predicted molar refractivity (Wildman–Crippen MR) is 112 cm³/mol. The molecule has 0 bridgehead atoms. The van der Waals surface area contributed by atoms with Gasteiger partial charge in [-0.25, -0.2) is 18.6 Å². The van der Waals surface area contributed by atoms with E-state index in [4.69, 9.17) is 15.5 Å².